The molecular weight excluding hydrogens is 431 g/mol. The monoisotopic (exact) mass is 460 g/mol. The van der Waals surface area contributed by atoms with Crippen LogP contribution in [0.4, 0.5) is 10.5 Å². The van der Waals surface area contributed by atoms with Crippen molar-refractivity contribution in [3.63, 3.8) is 0 Å². The highest BCUT2D eigenvalue weighted by Crippen LogP contribution is 2.41. The number of benzene rings is 2. The van der Waals surface area contributed by atoms with Gasteiger partial charge in [0.1, 0.15) is 11.4 Å². The SMILES string of the molecule is CCC(C)CSCC(=O)BC(=O)N1Cc2ccccc2-c2nnn(CC)c2-c2ccccc21. The van der Waals surface area contributed by atoms with Gasteiger partial charge in [0.05, 0.1) is 17.9 Å². The van der Waals surface area contributed by atoms with Crippen LogP contribution in [0.15, 0.2) is 48.5 Å². The van der Waals surface area contributed by atoms with E-state index in [1.165, 1.54) is 0 Å². The van der Waals surface area contributed by atoms with E-state index in [1.54, 1.807) is 16.7 Å². The zero-order valence-electron chi connectivity index (χ0n) is 19.5. The number of fused-ring (bicyclic) bond motifs is 5. The van der Waals surface area contributed by atoms with Gasteiger partial charge in [0.25, 0.3) is 0 Å². The molecule has 0 saturated carbocycles. The quantitative estimate of drug-likeness (QED) is 0.451. The van der Waals surface area contributed by atoms with Gasteiger partial charge >= 0.3 is 7.28 Å². The molecule has 1 aliphatic rings. The number of anilines is 1. The maximum absolute atomic E-state index is 13.5. The summed E-state index contributed by atoms with van der Waals surface area (Å²) in [6.45, 7) is 7.41. The largest absolute Gasteiger partial charge is 0.316 e. The number of thioether (sulfide) groups is 1. The highest BCUT2D eigenvalue weighted by Gasteiger charge is 2.29. The van der Waals surface area contributed by atoms with Crippen molar-refractivity contribution in [3.8, 4) is 22.5 Å². The first-order valence-corrected chi connectivity index (χ1v) is 12.7. The summed E-state index contributed by atoms with van der Waals surface area (Å²) in [7, 11) is -0.0951. The minimum absolute atomic E-state index is 0.0258. The minimum atomic E-state index is -0.176. The molecule has 0 aliphatic carbocycles. The molecule has 0 N–H and O–H groups in total. The maximum atomic E-state index is 13.5. The molecule has 6 nitrogen and oxygen atoms in total. The van der Waals surface area contributed by atoms with Crippen LogP contribution in [-0.2, 0) is 17.9 Å². The van der Waals surface area contributed by atoms with Gasteiger partial charge in [0.15, 0.2) is 5.81 Å². The average molecular weight is 460 g/mol. The van der Waals surface area contributed by atoms with E-state index >= 15 is 0 Å². The zero-order valence-corrected chi connectivity index (χ0v) is 20.3. The highest BCUT2D eigenvalue weighted by atomic mass is 32.2. The second-order valence-electron chi connectivity index (χ2n) is 8.50. The first kappa shape index (κ1) is 23.3. The molecule has 1 unspecified atom stereocenters. The molecule has 33 heavy (non-hydrogen) atoms. The third-order valence-corrected chi connectivity index (χ3v) is 7.43. The second-order valence-corrected chi connectivity index (χ2v) is 9.53. The van der Waals surface area contributed by atoms with E-state index in [0.29, 0.717) is 24.8 Å². The third-order valence-electron chi connectivity index (χ3n) is 6.10. The number of hydrogen-bond acceptors (Lipinski definition) is 5. The average Bonchev–Trinajstić information content (AvgIpc) is 3.24. The summed E-state index contributed by atoms with van der Waals surface area (Å²) < 4.78 is 1.87. The van der Waals surface area contributed by atoms with Crippen LogP contribution in [0.3, 0.4) is 0 Å². The number of hydrogen-bond donors (Lipinski definition) is 0. The van der Waals surface area contributed by atoms with Crippen molar-refractivity contribution >= 4 is 36.2 Å². The molecule has 0 fully saturated rings. The van der Waals surface area contributed by atoms with Crippen LogP contribution in [0.1, 0.15) is 32.8 Å². The van der Waals surface area contributed by atoms with Crippen molar-refractivity contribution in [2.24, 2.45) is 5.92 Å². The first-order chi connectivity index (χ1) is 16.0. The molecule has 0 saturated heterocycles. The fourth-order valence-corrected chi connectivity index (χ4v) is 5.15. The Hall–Kier alpha value is -2.87. The predicted molar refractivity (Wildman–Crippen MR) is 137 cm³/mol. The van der Waals surface area contributed by atoms with E-state index in [-0.39, 0.29) is 18.8 Å². The molecule has 1 aromatic heterocycles. The van der Waals surface area contributed by atoms with Crippen molar-refractivity contribution in [1.82, 2.24) is 15.0 Å². The minimum Gasteiger partial charge on any atom is -0.316 e. The van der Waals surface area contributed by atoms with Crippen molar-refractivity contribution in [2.45, 2.75) is 40.3 Å². The van der Waals surface area contributed by atoms with Crippen molar-refractivity contribution in [3.05, 3.63) is 54.1 Å². The normalized spacial score (nSPS) is 13.2. The number of carbonyl (C=O) groups excluding carboxylic acids is 2. The summed E-state index contributed by atoms with van der Waals surface area (Å²) >= 11 is 1.62. The van der Waals surface area contributed by atoms with Crippen LogP contribution in [0.2, 0.25) is 0 Å². The molecule has 4 rings (SSSR count). The van der Waals surface area contributed by atoms with Crippen LogP contribution in [0, 0.1) is 5.92 Å². The van der Waals surface area contributed by atoms with E-state index in [9.17, 15) is 9.59 Å². The standard InChI is InChI=1S/C25H29BN4O2S/c1-4-17(3)15-33-16-22(31)26-25(32)29-14-18-10-6-7-11-19(18)23-24(30(5-2)28-27-23)20-12-8-9-13-21(20)29/h6-13,17,26H,4-5,14-16H2,1-3H3. The third kappa shape index (κ3) is 4.90. The molecule has 3 aromatic rings. The molecule has 1 aliphatic heterocycles. The Kier molecular flexibility index (Phi) is 7.33. The lowest BCUT2D eigenvalue weighted by Crippen LogP contribution is -2.38. The van der Waals surface area contributed by atoms with Gasteiger partial charge in [0.2, 0.25) is 0 Å². The van der Waals surface area contributed by atoms with Crippen LogP contribution in [0.25, 0.3) is 22.5 Å². The molecule has 1 atom stereocenters. The molecule has 8 heteroatoms. The Morgan fingerprint density at radius 1 is 1.09 bits per heavy atom. The lowest BCUT2D eigenvalue weighted by molar-refractivity contribution is -0.109. The van der Waals surface area contributed by atoms with E-state index in [4.69, 9.17) is 0 Å². The van der Waals surface area contributed by atoms with Gasteiger partial charge in [-0.05, 0) is 30.2 Å². The van der Waals surface area contributed by atoms with Crippen LogP contribution >= 0.6 is 11.8 Å². The van der Waals surface area contributed by atoms with Crippen molar-refractivity contribution in [1.29, 1.82) is 0 Å². The molecular formula is C25H29BN4O2S. The van der Waals surface area contributed by atoms with Crippen LogP contribution in [0.5, 0.6) is 0 Å². The molecule has 0 spiro atoms. The fourth-order valence-electron chi connectivity index (χ4n) is 4.07. The fraction of sp³-hybridized carbons (Fsp3) is 0.360. The summed E-state index contributed by atoms with van der Waals surface area (Å²) in [6, 6.07) is 15.8. The summed E-state index contributed by atoms with van der Waals surface area (Å²) in [5, 5.41) is 8.87. The van der Waals surface area contributed by atoms with Gasteiger partial charge in [-0.2, -0.15) is 11.8 Å². The number of aryl methyl sites for hydroxylation is 1. The number of nitrogens with zero attached hydrogens (tertiary/aromatic N) is 4. The Balaban J connectivity index is 1.69. The molecule has 2 aromatic carbocycles. The van der Waals surface area contributed by atoms with Gasteiger partial charge in [-0.15, -0.1) is 5.10 Å². The van der Waals surface area contributed by atoms with E-state index in [2.05, 4.69) is 24.2 Å². The number of amides is 1. The van der Waals surface area contributed by atoms with Gasteiger partial charge in [-0.1, -0.05) is 67.9 Å². The zero-order chi connectivity index (χ0) is 23.4. The van der Waals surface area contributed by atoms with Gasteiger partial charge < -0.3 is 9.69 Å². The number of para-hydroxylation sites is 1. The molecule has 170 valence electrons. The van der Waals surface area contributed by atoms with Gasteiger partial charge in [0, 0.05) is 23.4 Å². The Bertz CT molecular complexity index is 1160. The Morgan fingerprint density at radius 2 is 1.82 bits per heavy atom. The van der Waals surface area contributed by atoms with E-state index < -0.39 is 0 Å². The maximum Gasteiger partial charge on any atom is 0.315 e. The van der Waals surface area contributed by atoms with Crippen molar-refractivity contribution in [2.75, 3.05) is 16.4 Å². The van der Waals surface area contributed by atoms with Crippen LogP contribution in [-0.4, -0.2) is 45.3 Å². The lowest BCUT2D eigenvalue weighted by Gasteiger charge is -2.28. The summed E-state index contributed by atoms with van der Waals surface area (Å²) in [4.78, 5) is 27.9. The molecule has 2 heterocycles. The lowest BCUT2D eigenvalue weighted by atomic mass is 9.72. The molecule has 0 bridgehead atoms. The second kappa shape index (κ2) is 10.4. The predicted octanol–water partition coefficient (Wildman–Crippen LogP) is 4.81. The number of carbonyl (C=O) groups is 2. The summed E-state index contributed by atoms with van der Waals surface area (Å²) in [5.41, 5.74) is 5.34. The molecule has 1 amide bonds. The van der Waals surface area contributed by atoms with Crippen LogP contribution < -0.4 is 4.90 Å². The number of rotatable bonds is 8. The summed E-state index contributed by atoms with van der Waals surface area (Å²) in [5.74, 6) is 1.71. The van der Waals surface area contributed by atoms with E-state index in [0.717, 1.165) is 45.9 Å². The first-order valence-electron chi connectivity index (χ1n) is 11.5. The topological polar surface area (TPSA) is 68.1 Å². The summed E-state index contributed by atoms with van der Waals surface area (Å²) in [6.07, 6.45) is 1.09. The smallest absolute Gasteiger partial charge is 0.315 e. The van der Waals surface area contributed by atoms with E-state index in [1.807, 2.05) is 60.1 Å². The van der Waals surface area contributed by atoms with Gasteiger partial charge in [-0.3, -0.25) is 4.79 Å². The number of aromatic nitrogens is 3. The van der Waals surface area contributed by atoms with Crippen molar-refractivity contribution < 1.29 is 9.59 Å². The molecule has 0 radical (unpaired) electrons. The van der Waals surface area contributed by atoms with Gasteiger partial charge in [-0.25, -0.2) is 4.68 Å². The highest BCUT2D eigenvalue weighted by molar-refractivity contribution is 8.00. The Labute approximate surface area is 200 Å². The Morgan fingerprint density at radius 3 is 2.58 bits per heavy atom.